The van der Waals surface area contributed by atoms with Gasteiger partial charge in [0.25, 0.3) is 0 Å². The Hall–Kier alpha value is -1.06. The first-order valence-corrected chi connectivity index (χ1v) is 6.67. The molecule has 2 saturated carbocycles. The van der Waals surface area contributed by atoms with Crippen molar-refractivity contribution in [2.45, 2.75) is 50.5 Å². The zero-order chi connectivity index (χ0) is 12.0. The summed E-state index contributed by atoms with van der Waals surface area (Å²) in [6, 6.07) is 0. The Kier molecular flexibility index (Phi) is 2.42. The van der Waals surface area contributed by atoms with Gasteiger partial charge in [-0.2, -0.15) is 0 Å². The number of rotatable bonds is 2. The van der Waals surface area contributed by atoms with Crippen LogP contribution in [-0.2, 0) is 9.59 Å². The standard InChI is InChI=1S/C13H19NO3/c15-11(9-2-3-10(8-9)12(16)17)14-7-6-13(14)4-1-5-13/h9-10H,1-8H2,(H,16,17)/t9-,10+/m0/s1. The molecule has 1 saturated heterocycles. The van der Waals surface area contributed by atoms with E-state index in [1.54, 1.807) is 0 Å². The van der Waals surface area contributed by atoms with Crippen molar-refractivity contribution in [3.05, 3.63) is 0 Å². The lowest BCUT2D eigenvalue weighted by Crippen LogP contribution is -2.66. The van der Waals surface area contributed by atoms with E-state index in [4.69, 9.17) is 5.11 Å². The van der Waals surface area contributed by atoms with Gasteiger partial charge in [-0.1, -0.05) is 0 Å². The van der Waals surface area contributed by atoms with E-state index in [0.717, 1.165) is 32.2 Å². The average molecular weight is 237 g/mol. The van der Waals surface area contributed by atoms with Crippen LogP contribution in [0.5, 0.6) is 0 Å². The highest BCUT2D eigenvalue weighted by Crippen LogP contribution is 2.48. The number of carboxylic acid groups (broad SMARTS) is 1. The number of amides is 1. The molecule has 3 aliphatic rings. The maximum Gasteiger partial charge on any atom is 0.306 e. The Morgan fingerprint density at radius 1 is 1.12 bits per heavy atom. The topological polar surface area (TPSA) is 57.6 Å². The highest BCUT2D eigenvalue weighted by atomic mass is 16.4. The molecule has 3 rings (SSSR count). The van der Waals surface area contributed by atoms with E-state index < -0.39 is 5.97 Å². The molecule has 0 bridgehead atoms. The number of hydrogen-bond acceptors (Lipinski definition) is 2. The molecule has 2 atom stereocenters. The van der Waals surface area contributed by atoms with Crippen LogP contribution in [0.1, 0.15) is 44.9 Å². The fraction of sp³-hybridized carbons (Fsp3) is 0.846. The van der Waals surface area contributed by atoms with Crippen LogP contribution in [0.25, 0.3) is 0 Å². The molecule has 4 nitrogen and oxygen atoms in total. The monoisotopic (exact) mass is 237 g/mol. The van der Waals surface area contributed by atoms with E-state index in [-0.39, 0.29) is 23.3 Å². The Labute approximate surface area is 101 Å². The second-order valence-electron chi connectivity index (χ2n) is 5.86. The van der Waals surface area contributed by atoms with Crippen LogP contribution in [0, 0.1) is 11.8 Å². The molecule has 1 spiro atoms. The van der Waals surface area contributed by atoms with E-state index in [2.05, 4.69) is 0 Å². The van der Waals surface area contributed by atoms with Gasteiger partial charge >= 0.3 is 5.97 Å². The zero-order valence-electron chi connectivity index (χ0n) is 10.0. The minimum absolute atomic E-state index is 0.0196. The lowest BCUT2D eigenvalue weighted by atomic mass is 9.67. The molecule has 1 heterocycles. The van der Waals surface area contributed by atoms with Crippen molar-refractivity contribution in [3.63, 3.8) is 0 Å². The van der Waals surface area contributed by atoms with E-state index in [9.17, 15) is 9.59 Å². The third-order valence-electron chi connectivity index (χ3n) is 5.05. The summed E-state index contributed by atoms with van der Waals surface area (Å²) in [4.78, 5) is 25.3. The third-order valence-corrected chi connectivity index (χ3v) is 5.05. The second-order valence-corrected chi connectivity index (χ2v) is 5.86. The van der Waals surface area contributed by atoms with Gasteiger partial charge < -0.3 is 10.0 Å². The zero-order valence-corrected chi connectivity index (χ0v) is 10.0. The Bertz CT molecular complexity index is 356. The molecule has 3 fully saturated rings. The van der Waals surface area contributed by atoms with Crippen LogP contribution in [0.4, 0.5) is 0 Å². The fourth-order valence-electron chi connectivity index (χ4n) is 3.64. The predicted octanol–water partition coefficient (Wildman–Crippen LogP) is 1.64. The summed E-state index contributed by atoms with van der Waals surface area (Å²) < 4.78 is 0. The van der Waals surface area contributed by atoms with Crippen LogP contribution in [0.2, 0.25) is 0 Å². The van der Waals surface area contributed by atoms with Crippen molar-refractivity contribution in [1.82, 2.24) is 4.90 Å². The first kappa shape index (κ1) is 11.1. The Balaban J connectivity index is 1.62. The van der Waals surface area contributed by atoms with Gasteiger partial charge in [-0.3, -0.25) is 9.59 Å². The first-order valence-electron chi connectivity index (χ1n) is 6.67. The van der Waals surface area contributed by atoms with Crippen LogP contribution in [-0.4, -0.2) is 34.0 Å². The van der Waals surface area contributed by atoms with Crippen molar-refractivity contribution in [2.24, 2.45) is 11.8 Å². The van der Waals surface area contributed by atoms with Crippen LogP contribution in [0.3, 0.4) is 0 Å². The normalized spacial score (nSPS) is 34.2. The SMILES string of the molecule is O=C(O)[C@@H]1CC[C@H](C(=O)N2CCC23CCC3)C1. The summed E-state index contributed by atoms with van der Waals surface area (Å²) in [6.07, 6.45) is 6.72. The molecule has 1 amide bonds. The third kappa shape index (κ3) is 1.57. The smallest absolute Gasteiger partial charge is 0.306 e. The molecule has 1 aliphatic heterocycles. The van der Waals surface area contributed by atoms with Crippen LogP contribution in [0.15, 0.2) is 0 Å². The van der Waals surface area contributed by atoms with Crippen molar-refractivity contribution >= 4 is 11.9 Å². The van der Waals surface area contributed by atoms with Gasteiger partial charge in [-0.25, -0.2) is 0 Å². The van der Waals surface area contributed by atoms with E-state index in [1.807, 2.05) is 4.90 Å². The highest BCUT2D eigenvalue weighted by molar-refractivity contribution is 5.82. The van der Waals surface area contributed by atoms with Gasteiger partial charge in [0.15, 0.2) is 0 Å². The summed E-state index contributed by atoms with van der Waals surface area (Å²) in [7, 11) is 0. The molecule has 0 aromatic rings. The predicted molar refractivity (Wildman–Crippen MR) is 61.4 cm³/mol. The quantitative estimate of drug-likeness (QED) is 0.794. The number of nitrogens with zero attached hydrogens (tertiary/aromatic N) is 1. The minimum Gasteiger partial charge on any atom is -0.481 e. The van der Waals surface area contributed by atoms with Gasteiger partial charge in [0, 0.05) is 18.0 Å². The second kappa shape index (κ2) is 3.72. The number of aliphatic carboxylic acids is 1. The lowest BCUT2D eigenvalue weighted by Gasteiger charge is -2.59. The van der Waals surface area contributed by atoms with Gasteiger partial charge in [0.2, 0.25) is 5.91 Å². The largest absolute Gasteiger partial charge is 0.481 e. The summed E-state index contributed by atoms with van der Waals surface area (Å²) in [5, 5.41) is 8.96. The van der Waals surface area contributed by atoms with E-state index >= 15 is 0 Å². The molecular weight excluding hydrogens is 218 g/mol. The van der Waals surface area contributed by atoms with Crippen LogP contribution < -0.4 is 0 Å². The molecule has 1 N–H and O–H groups in total. The number of carbonyl (C=O) groups excluding carboxylic acids is 1. The van der Waals surface area contributed by atoms with Crippen molar-refractivity contribution in [2.75, 3.05) is 6.54 Å². The van der Waals surface area contributed by atoms with Gasteiger partial charge in [-0.05, 0) is 44.9 Å². The molecule has 0 aromatic heterocycles. The van der Waals surface area contributed by atoms with Crippen molar-refractivity contribution < 1.29 is 14.7 Å². The minimum atomic E-state index is -0.734. The Morgan fingerprint density at radius 3 is 2.24 bits per heavy atom. The molecule has 94 valence electrons. The molecule has 0 aromatic carbocycles. The van der Waals surface area contributed by atoms with Gasteiger partial charge in [0.05, 0.1) is 5.92 Å². The maximum atomic E-state index is 12.3. The number of hydrogen-bond donors (Lipinski definition) is 1. The average Bonchev–Trinajstić information content (AvgIpc) is 2.61. The van der Waals surface area contributed by atoms with Gasteiger partial charge in [-0.15, -0.1) is 0 Å². The van der Waals surface area contributed by atoms with Crippen molar-refractivity contribution in [3.8, 4) is 0 Å². The number of carbonyl (C=O) groups is 2. The summed E-state index contributed by atoms with van der Waals surface area (Å²) in [5.74, 6) is -0.807. The summed E-state index contributed by atoms with van der Waals surface area (Å²) >= 11 is 0. The lowest BCUT2D eigenvalue weighted by molar-refractivity contribution is -0.160. The van der Waals surface area contributed by atoms with Crippen molar-refractivity contribution in [1.29, 1.82) is 0 Å². The molecule has 0 radical (unpaired) electrons. The molecule has 4 heteroatoms. The van der Waals surface area contributed by atoms with Gasteiger partial charge in [0.1, 0.15) is 0 Å². The molecule has 0 unspecified atom stereocenters. The number of carboxylic acids is 1. The first-order chi connectivity index (χ1) is 8.12. The highest BCUT2D eigenvalue weighted by Gasteiger charge is 2.52. The maximum absolute atomic E-state index is 12.3. The number of likely N-dealkylation sites (tertiary alicyclic amines) is 1. The molecule has 2 aliphatic carbocycles. The van der Waals surface area contributed by atoms with E-state index in [1.165, 1.54) is 6.42 Å². The summed E-state index contributed by atoms with van der Waals surface area (Å²) in [6.45, 7) is 0.896. The van der Waals surface area contributed by atoms with Crippen LogP contribution >= 0.6 is 0 Å². The fourth-order valence-corrected chi connectivity index (χ4v) is 3.64. The summed E-state index contributed by atoms with van der Waals surface area (Å²) in [5.41, 5.74) is 0.207. The van der Waals surface area contributed by atoms with E-state index in [0.29, 0.717) is 12.8 Å². The Morgan fingerprint density at radius 2 is 1.82 bits per heavy atom. The molecular formula is C13H19NO3. The molecule has 17 heavy (non-hydrogen) atoms.